The van der Waals surface area contributed by atoms with E-state index in [0.29, 0.717) is 18.0 Å². The molecule has 2 aromatic rings. The van der Waals surface area contributed by atoms with Crippen LogP contribution in [0.3, 0.4) is 0 Å². The van der Waals surface area contributed by atoms with Crippen LogP contribution in [0.5, 0.6) is 0 Å². The molecule has 142 valence electrons. The van der Waals surface area contributed by atoms with Gasteiger partial charge in [-0.3, -0.25) is 14.4 Å². The fourth-order valence-corrected chi connectivity index (χ4v) is 4.78. The number of anilines is 1. The second-order valence-electron chi connectivity index (χ2n) is 6.57. The summed E-state index contributed by atoms with van der Waals surface area (Å²) in [5.74, 6) is -0.229. The van der Waals surface area contributed by atoms with Gasteiger partial charge in [-0.2, -0.15) is 0 Å². The molecule has 2 fully saturated rings. The van der Waals surface area contributed by atoms with Crippen LogP contribution in [0.1, 0.15) is 6.42 Å². The highest BCUT2D eigenvalue weighted by atomic mass is 32.2. The van der Waals surface area contributed by atoms with Gasteiger partial charge in [0.1, 0.15) is 0 Å². The lowest BCUT2D eigenvalue weighted by molar-refractivity contribution is -0.123. The fourth-order valence-electron chi connectivity index (χ4n) is 2.87. The Hall–Kier alpha value is -2.17. The topological polar surface area (TPSA) is 112 Å². The van der Waals surface area contributed by atoms with Crippen LogP contribution in [0.2, 0.25) is 0 Å². The van der Waals surface area contributed by atoms with Crippen molar-refractivity contribution in [2.75, 3.05) is 30.7 Å². The van der Waals surface area contributed by atoms with E-state index >= 15 is 0 Å². The molecule has 4 N–H and O–H groups in total. The van der Waals surface area contributed by atoms with Gasteiger partial charge in [0.2, 0.25) is 17.7 Å². The van der Waals surface area contributed by atoms with Gasteiger partial charge in [-0.15, -0.1) is 11.3 Å². The zero-order valence-electron chi connectivity index (χ0n) is 14.4. The van der Waals surface area contributed by atoms with E-state index in [1.165, 1.54) is 23.1 Å². The number of carbonyl (C=O) groups excluding carboxylic acids is 3. The molecule has 1 atom stereocenters. The summed E-state index contributed by atoms with van der Waals surface area (Å²) < 4.78 is 1.76. The molecule has 2 aliphatic rings. The van der Waals surface area contributed by atoms with Gasteiger partial charge in [0, 0.05) is 31.7 Å². The smallest absolute Gasteiger partial charge is 0.230 e. The van der Waals surface area contributed by atoms with Crippen molar-refractivity contribution in [3.05, 3.63) is 18.2 Å². The zero-order valence-corrected chi connectivity index (χ0v) is 16.0. The van der Waals surface area contributed by atoms with Gasteiger partial charge in [0.25, 0.3) is 0 Å². The standard InChI is InChI=1S/C17H19N5O3S2/c23-14-3-9(5-19-14)16(25)21-10-1-2-12-13(4-10)27-17(22-12)26-8-15(24)20-11-6-18-7-11/h1-2,4,9,11,18H,3,5-8H2,(H,19,23)(H,20,24)(H,21,25). The van der Waals surface area contributed by atoms with E-state index in [0.717, 1.165) is 27.6 Å². The number of fused-ring (bicyclic) bond motifs is 1. The average molecular weight is 406 g/mol. The third-order valence-corrected chi connectivity index (χ3v) is 6.62. The molecule has 2 saturated heterocycles. The lowest BCUT2D eigenvalue weighted by atomic mass is 10.1. The first kappa shape index (κ1) is 18.2. The largest absolute Gasteiger partial charge is 0.355 e. The van der Waals surface area contributed by atoms with E-state index in [1.807, 2.05) is 12.1 Å². The van der Waals surface area contributed by atoms with Crippen LogP contribution in [0, 0.1) is 5.92 Å². The minimum Gasteiger partial charge on any atom is -0.355 e. The Morgan fingerprint density at radius 3 is 2.85 bits per heavy atom. The van der Waals surface area contributed by atoms with E-state index in [4.69, 9.17) is 0 Å². The van der Waals surface area contributed by atoms with Crippen molar-refractivity contribution in [1.82, 2.24) is 20.9 Å². The maximum Gasteiger partial charge on any atom is 0.230 e. The quantitative estimate of drug-likeness (QED) is 0.522. The molecule has 0 radical (unpaired) electrons. The van der Waals surface area contributed by atoms with Gasteiger partial charge in [0.05, 0.1) is 27.9 Å². The summed E-state index contributed by atoms with van der Waals surface area (Å²) in [6.45, 7) is 2.04. The first-order valence-electron chi connectivity index (χ1n) is 8.68. The third-order valence-electron chi connectivity index (χ3n) is 4.46. The molecule has 3 amide bonds. The molecule has 8 nitrogen and oxygen atoms in total. The van der Waals surface area contributed by atoms with Crippen LogP contribution in [-0.4, -0.2) is 54.1 Å². The normalized spacial score (nSPS) is 19.6. The monoisotopic (exact) mass is 405 g/mol. The number of nitrogens with one attached hydrogen (secondary N) is 4. The average Bonchev–Trinajstić information content (AvgIpc) is 3.22. The Bertz CT molecular complexity index is 896. The number of hydrogen-bond donors (Lipinski definition) is 4. The van der Waals surface area contributed by atoms with Gasteiger partial charge in [-0.1, -0.05) is 11.8 Å². The third kappa shape index (κ3) is 4.40. The Kier molecular flexibility index (Phi) is 5.28. The number of amides is 3. The van der Waals surface area contributed by atoms with E-state index < -0.39 is 0 Å². The predicted molar refractivity (Wildman–Crippen MR) is 105 cm³/mol. The van der Waals surface area contributed by atoms with E-state index in [-0.39, 0.29) is 36.1 Å². The second-order valence-corrected chi connectivity index (χ2v) is 8.82. The molecule has 0 aliphatic carbocycles. The summed E-state index contributed by atoms with van der Waals surface area (Å²) in [6.07, 6.45) is 0.231. The maximum absolute atomic E-state index is 12.2. The van der Waals surface area contributed by atoms with Gasteiger partial charge < -0.3 is 21.3 Å². The van der Waals surface area contributed by atoms with Crippen LogP contribution >= 0.6 is 23.1 Å². The molecule has 4 rings (SSSR count). The Balaban J connectivity index is 1.35. The SMILES string of the molecule is O=C1CC(C(=O)Nc2ccc3nc(SCC(=O)NC4CNC4)sc3c2)CN1. The molecule has 27 heavy (non-hydrogen) atoms. The summed E-state index contributed by atoms with van der Waals surface area (Å²) in [6, 6.07) is 5.77. The molecule has 0 bridgehead atoms. The number of carbonyl (C=O) groups is 3. The molecule has 1 aromatic carbocycles. The van der Waals surface area contributed by atoms with Gasteiger partial charge in [0.15, 0.2) is 4.34 Å². The maximum atomic E-state index is 12.2. The number of thioether (sulfide) groups is 1. The van der Waals surface area contributed by atoms with Crippen molar-refractivity contribution in [1.29, 1.82) is 0 Å². The molecule has 0 spiro atoms. The number of thiazole rings is 1. The highest BCUT2D eigenvalue weighted by molar-refractivity contribution is 8.01. The molecule has 10 heteroatoms. The van der Waals surface area contributed by atoms with E-state index in [9.17, 15) is 14.4 Å². The summed E-state index contributed by atoms with van der Waals surface area (Å²) in [5, 5.41) is 11.6. The first-order chi connectivity index (χ1) is 13.1. The van der Waals surface area contributed by atoms with Crippen molar-refractivity contribution in [2.24, 2.45) is 5.92 Å². The number of benzene rings is 1. The fraction of sp³-hybridized carbons (Fsp3) is 0.412. The Morgan fingerprint density at radius 2 is 2.15 bits per heavy atom. The molecular formula is C17H19N5O3S2. The molecule has 1 unspecified atom stereocenters. The van der Waals surface area contributed by atoms with Crippen molar-refractivity contribution >= 4 is 56.7 Å². The lowest BCUT2D eigenvalue weighted by Gasteiger charge is -2.27. The minimum absolute atomic E-state index is 0.0124. The Morgan fingerprint density at radius 1 is 1.30 bits per heavy atom. The summed E-state index contributed by atoms with van der Waals surface area (Å²) >= 11 is 2.91. The molecular weight excluding hydrogens is 386 g/mol. The molecule has 1 aromatic heterocycles. The van der Waals surface area contributed by atoms with E-state index in [2.05, 4.69) is 26.3 Å². The van der Waals surface area contributed by atoms with Crippen LogP contribution in [0.15, 0.2) is 22.5 Å². The van der Waals surface area contributed by atoms with Crippen LogP contribution in [0.4, 0.5) is 5.69 Å². The summed E-state index contributed by atoms with van der Waals surface area (Å²) in [4.78, 5) is 39.9. The summed E-state index contributed by atoms with van der Waals surface area (Å²) in [5.41, 5.74) is 1.52. The van der Waals surface area contributed by atoms with Crippen LogP contribution in [-0.2, 0) is 14.4 Å². The molecule has 3 heterocycles. The van der Waals surface area contributed by atoms with Crippen molar-refractivity contribution in [3.63, 3.8) is 0 Å². The van der Waals surface area contributed by atoms with Gasteiger partial charge in [-0.25, -0.2) is 4.98 Å². The number of hydrogen-bond acceptors (Lipinski definition) is 7. The molecule has 2 aliphatic heterocycles. The Labute approximate surface area is 163 Å². The predicted octanol–water partition coefficient (Wildman–Crippen LogP) is 0.551. The molecule has 0 saturated carbocycles. The van der Waals surface area contributed by atoms with Crippen molar-refractivity contribution in [2.45, 2.75) is 16.8 Å². The minimum atomic E-state index is -0.329. The van der Waals surface area contributed by atoms with E-state index in [1.54, 1.807) is 6.07 Å². The van der Waals surface area contributed by atoms with Gasteiger partial charge in [-0.05, 0) is 18.2 Å². The van der Waals surface area contributed by atoms with Crippen LogP contribution < -0.4 is 21.3 Å². The van der Waals surface area contributed by atoms with Crippen molar-refractivity contribution < 1.29 is 14.4 Å². The highest BCUT2D eigenvalue weighted by Gasteiger charge is 2.28. The summed E-state index contributed by atoms with van der Waals surface area (Å²) in [7, 11) is 0. The number of rotatable bonds is 6. The number of aromatic nitrogens is 1. The van der Waals surface area contributed by atoms with Gasteiger partial charge >= 0.3 is 0 Å². The van der Waals surface area contributed by atoms with Crippen LogP contribution in [0.25, 0.3) is 10.2 Å². The lowest BCUT2D eigenvalue weighted by Crippen LogP contribution is -2.57. The van der Waals surface area contributed by atoms with Crippen molar-refractivity contribution in [3.8, 4) is 0 Å². The highest BCUT2D eigenvalue weighted by Crippen LogP contribution is 2.31. The first-order valence-corrected chi connectivity index (χ1v) is 10.5. The number of nitrogens with zero attached hydrogens (tertiary/aromatic N) is 1. The zero-order chi connectivity index (χ0) is 18.8. The second kappa shape index (κ2) is 7.83.